The summed E-state index contributed by atoms with van der Waals surface area (Å²) >= 11 is 1.54. The number of carbonyl (C=O) groups is 1. The van der Waals surface area contributed by atoms with Crippen LogP contribution >= 0.6 is 36.2 Å². The van der Waals surface area contributed by atoms with Crippen molar-refractivity contribution < 1.29 is 4.79 Å². The highest BCUT2D eigenvalue weighted by Gasteiger charge is 2.19. The first-order valence-electron chi connectivity index (χ1n) is 6.40. The van der Waals surface area contributed by atoms with Crippen LogP contribution in [0.25, 0.3) is 0 Å². The molecule has 0 aromatic carbocycles. The first-order chi connectivity index (χ1) is 8.45. The molecule has 0 aliphatic rings. The summed E-state index contributed by atoms with van der Waals surface area (Å²) in [6.07, 6.45) is 1.11. The normalized spacial score (nSPS) is 10.4. The molecule has 0 radical (unpaired) electrons. The lowest BCUT2D eigenvalue weighted by Crippen LogP contribution is -2.32. The molecule has 0 bridgehead atoms. The maximum atomic E-state index is 11.8. The lowest BCUT2D eigenvalue weighted by molar-refractivity contribution is 0.0949. The molecule has 2 N–H and O–H groups in total. The maximum absolute atomic E-state index is 11.8. The average molecular weight is 342 g/mol. The fourth-order valence-electron chi connectivity index (χ4n) is 1.38. The Bertz CT molecular complexity index is 391. The number of amides is 1. The second-order valence-corrected chi connectivity index (χ2v) is 6.15. The minimum absolute atomic E-state index is 0. The fourth-order valence-corrected chi connectivity index (χ4v) is 2.27. The van der Waals surface area contributed by atoms with E-state index in [1.807, 2.05) is 5.38 Å². The first kappa shape index (κ1) is 21.9. The molecule has 1 amide bonds. The SMILES string of the molecule is CCCNCCNC(=O)c1csc(C(C)(C)C)n1.Cl.Cl. The number of hydrogen-bond acceptors (Lipinski definition) is 4. The van der Waals surface area contributed by atoms with Crippen LogP contribution in [0.4, 0.5) is 0 Å². The van der Waals surface area contributed by atoms with Gasteiger partial charge in [0.2, 0.25) is 0 Å². The number of thiazole rings is 1. The third-order valence-corrected chi connectivity index (χ3v) is 3.66. The molecule has 1 rings (SSSR count). The molecule has 0 spiro atoms. The Kier molecular flexibility index (Phi) is 11.4. The number of nitrogens with zero attached hydrogens (tertiary/aromatic N) is 1. The summed E-state index contributed by atoms with van der Waals surface area (Å²) in [4.78, 5) is 16.2. The van der Waals surface area contributed by atoms with Gasteiger partial charge in [0.1, 0.15) is 5.69 Å². The van der Waals surface area contributed by atoms with Crippen molar-refractivity contribution in [2.24, 2.45) is 0 Å². The second-order valence-electron chi connectivity index (χ2n) is 5.29. The molecular formula is C13H25Cl2N3OS. The van der Waals surface area contributed by atoms with Crippen molar-refractivity contribution in [3.63, 3.8) is 0 Å². The second kappa shape index (κ2) is 10.4. The van der Waals surface area contributed by atoms with Crippen molar-refractivity contribution in [3.8, 4) is 0 Å². The summed E-state index contributed by atoms with van der Waals surface area (Å²) in [5.74, 6) is -0.0833. The molecule has 4 nitrogen and oxygen atoms in total. The molecule has 1 heterocycles. The van der Waals surface area contributed by atoms with Crippen molar-refractivity contribution >= 4 is 42.1 Å². The van der Waals surface area contributed by atoms with Crippen LogP contribution in [0, 0.1) is 0 Å². The van der Waals surface area contributed by atoms with Crippen LogP contribution in [-0.2, 0) is 5.41 Å². The van der Waals surface area contributed by atoms with E-state index >= 15 is 0 Å². The van der Waals surface area contributed by atoms with E-state index in [1.54, 1.807) is 11.3 Å². The van der Waals surface area contributed by atoms with Crippen molar-refractivity contribution in [1.29, 1.82) is 0 Å². The number of rotatable bonds is 6. The number of halogens is 2. The molecular weight excluding hydrogens is 317 g/mol. The topological polar surface area (TPSA) is 54.0 Å². The predicted octanol–water partition coefficient (Wildman–Crippen LogP) is 3.01. The molecule has 1 aromatic rings. The summed E-state index contributed by atoms with van der Waals surface area (Å²) in [7, 11) is 0. The molecule has 20 heavy (non-hydrogen) atoms. The third kappa shape index (κ3) is 7.43. The highest BCUT2D eigenvalue weighted by Crippen LogP contribution is 2.25. The van der Waals surface area contributed by atoms with Crippen LogP contribution in [0.1, 0.15) is 49.6 Å². The molecule has 0 unspecified atom stereocenters. The Hall–Kier alpha value is -0.360. The third-order valence-electron chi connectivity index (χ3n) is 2.39. The molecule has 0 saturated carbocycles. The van der Waals surface area contributed by atoms with Gasteiger partial charge in [0, 0.05) is 23.9 Å². The Morgan fingerprint density at radius 3 is 2.40 bits per heavy atom. The van der Waals surface area contributed by atoms with Crippen LogP contribution in [0.3, 0.4) is 0 Å². The predicted molar refractivity (Wildman–Crippen MR) is 90.8 cm³/mol. The van der Waals surface area contributed by atoms with Gasteiger partial charge in [-0.3, -0.25) is 4.79 Å². The van der Waals surface area contributed by atoms with E-state index < -0.39 is 0 Å². The molecule has 0 aliphatic heterocycles. The number of carbonyl (C=O) groups excluding carboxylic acids is 1. The molecule has 0 aliphatic carbocycles. The summed E-state index contributed by atoms with van der Waals surface area (Å²) in [5.41, 5.74) is 0.534. The van der Waals surface area contributed by atoms with E-state index in [0.29, 0.717) is 12.2 Å². The van der Waals surface area contributed by atoms with Crippen molar-refractivity contribution in [1.82, 2.24) is 15.6 Å². The summed E-state index contributed by atoms with van der Waals surface area (Å²) in [5, 5.41) is 8.93. The van der Waals surface area contributed by atoms with Crippen LogP contribution in [0.15, 0.2) is 5.38 Å². The zero-order valence-electron chi connectivity index (χ0n) is 12.5. The number of aromatic nitrogens is 1. The van der Waals surface area contributed by atoms with Gasteiger partial charge in [-0.15, -0.1) is 36.2 Å². The monoisotopic (exact) mass is 341 g/mol. The summed E-state index contributed by atoms with van der Waals surface area (Å²) in [6, 6.07) is 0. The Morgan fingerprint density at radius 1 is 1.25 bits per heavy atom. The Morgan fingerprint density at radius 2 is 1.90 bits per heavy atom. The highest BCUT2D eigenvalue weighted by molar-refractivity contribution is 7.10. The van der Waals surface area contributed by atoms with Gasteiger partial charge in [-0.25, -0.2) is 4.98 Å². The zero-order valence-corrected chi connectivity index (χ0v) is 14.9. The number of nitrogens with one attached hydrogen (secondary N) is 2. The van der Waals surface area contributed by atoms with Gasteiger partial charge in [0.15, 0.2) is 0 Å². The van der Waals surface area contributed by atoms with E-state index in [0.717, 1.165) is 24.5 Å². The van der Waals surface area contributed by atoms with Crippen LogP contribution < -0.4 is 10.6 Å². The maximum Gasteiger partial charge on any atom is 0.270 e. The van der Waals surface area contributed by atoms with Gasteiger partial charge in [-0.05, 0) is 13.0 Å². The fraction of sp³-hybridized carbons (Fsp3) is 0.692. The molecule has 118 valence electrons. The van der Waals surface area contributed by atoms with Crippen molar-refractivity contribution in [2.75, 3.05) is 19.6 Å². The minimum atomic E-state index is -0.0833. The quantitative estimate of drug-likeness (QED) is 0.782. The molecule has 7 heteroatoms. The van der Waals surface area contributed by atoms with E-state index in [4.69, 9.17) is 0 Å². The van der Waals surface area contributed by atoms with E-state index in [-0.39, 0.29) is 36.1 Å². The van der Waals surface area contributed by atoms with Gasteiger partial charge in [0.25, 0.3) is 5.91 Å². The van der Waals surface area contributed by atoms with Gasteiger partial charge >= 0.3 is 0 Å². The zero-order chi connectivity index (χ0) is 13.6. The van der Waals surface area contributed by atoms with Gasteiger partial charge < -0.3 is 10.6 Å². The van der Waals surface area contributed by atoms with Crippen LogP contribution in [0.5, 0.6) is 0 Å². The summed E-state index contributed by atoms with van der Waals surface area (Å²) < 4.78 is 0. The molecule has 1 aromatic heterocycles. The van der Waals surface area contributed by atoms with Crippen LogP contribution in [-0.4, -0.2) is 30.5 Å². The lowest BCUT2D eigenvalue weighted by Gasteiger charge is -2.13. The summed E-state index contributed by atoms with van der Waals surface area (Å²) in [6.45, 7) is 10.8. The molecule has 0 fully saturated rings. The highest BCUT2D eigenvalue weighted by atomic mass is 35.5. The van der Waals surface area contributed by atoms with Gasteiger partial charge in [0.05, 0.1) is 5.01 Å². The minimum Gasteiger partial charge on any atom is -0.349 e. The molecule has 0 saturated heterocycles. The Labute approximate surface area is 138 Å². The standard InChI is InChI=1S/C13H23N3OS.2ClH/c1-5-6-14-7-8-15-11(17)10-9-18-12(16-10)13(2,3)4;;/h9,14H,5-8H2,1-4H3,(H,15,17);2*1H. The largest absolute Gasteiger partial charge is 0.349 e. The Balaban J connectivity index is 0. The van der Waals surface area contributed by atoms with Crippen LogP contribution in [0.2, 0.25) is 0 Å². The van der Waals surface area contributed by atoms with E-state index in [9.17, 15) is 4.79 Å². The van der Waals surface area contributed by atoms with Gasteiger partial charge in [-0.2, -0.15) is 0 Å². The number of hydrogen-bond donors (Lipinski definition) is 2. The van der Waals surface area contributed by atoms with E-state index in [1.165, 1.54) is 0 Å². The molecule has 0 atom stereocenters. The van der Waals surface area contributed by atoms with Gasteiger partial charge in [-0.1, -0.05) is 27.7 Å². The average Bonchev–Trinajstić information content (AvgIpc) is 2.77. The van der Waals surface area contributed by atoms with Crippen molar-refractivity contribution in [3.05, 3.63) is 16.1 Å². The van der Waals surface area contributed by atoms with E-state index in [2.05, 4.69) is 43.3 Å². The first-order valence-corrected chi connectivity index (χ1v) is 7.28. The smallest absolute Gasteiger partial charge is 0.270 e. The van der Waals surface area contributed by atoms with Crippen molar-refractivity contribution in [2.45, 2.75) is 39.5 Å². The lowest BCUT2D eigenvalue weighted by atomic mass is 9.98.